The van der Waals surface area contributed by atoms with Crippen molar-refractivity contribution in [3.05, 3.63) is 42.0 Å². The predicted molar refractivity (Wildman–Crippen MR) is 142 cm³/mol. The Bertz CT molecular complexity index is 1160. The maximum absolute atomic E-state index is 12.5. The maximum Gasteiger partial charge on any atom is 0.328 e. The van der Waals surface area contributed by atoms with Crippen molar-refractivity contribution >= 4 is 17.6 Å². The second-order valence-electron chi connectivity index (χ2n) is 12.2. The van der Waals surface area contributed by atoms with E-state index in [0.717, 1.165) is 38.5 Å². The summed E-state index contributed by atoms with van der Waals surface area (Å²) in [6.45, 7) is 6.40. The lowest BCUT2D eigenvalue weighted by Gasteiger charge is -2.58. The number of aromatic amines is 1. The Morgan fingerprint density at radius 2 is 2.03 bits per heavy atom. The third-order valence-electron chi connectivity index (χ3n) is 10.3. The summed E-state index contributed by atoms with van der Waals surface area (Å²) >= 11 is 0. The molecule has 4 aliphatic rings. The molecule has 0 aliphatic heterocycles. The van der Waals surface area contributed by atoms with Crippen molar-refractivity contribution < 1.29 is 24.3 Å². The van der Waals surface area contributed by atoms with Crippen LogP contribution in [0.1, 0.15) is 65.0 Å². The van der Waals surface area contributed by atoms with E-state index in [-0.39, 0.29) is 23.9 Å². The molecular weight excluding hydrogens is 484 g/mol. The zero-order valence-electron chi connectivity index (χ0n) is 22.8. The van der Waals surface area contributed by atoms with E-state index in [0.29, 0.717) is 29.2 Å². The van der Waals surface area contributed by atoms with Gasteiger partial charge in [0.05, 0.1) is 19.0 Å². The fourth-order valence-electron chi connectivity index (χ4n) is 7.86. The molecule has 3 fully saturated rings. The molecule has 0 aromatic carbocycles. The zero-order chi connectivity index (χ0) is 27.1. The first-order valence-corrected chi connectivity index (χ1v) is 13.7. The van der Waals surface area contributed by atoms with Gasteiger partial charge in [0.1, 0.15) is 11.8 Å². The van der Waals surface area contributed by atoms with Gasteiger partial charge in [0.2, 0.25) is 0 Å². The van der Waals surface area contributed by atoms with Crippen LogP contribution in [0, 0.1) is 28.6 Å². The molecule has 3 saturated carbocycles. The van der Waals surface area contributed by atoms with Gasteiger partial charge >= 0.3 is 5.97 Å². The van der Waals surface area contributed by atoms with Crippen molar-refractivity contribution in [3.8, 4) is 0 Å². The first-order chi connectivity index (χ1) is 18.1. The number of oxime groups is 1. The number of rotatable bonds is 7. The van der Waals surface area contributed by atoms with E-state index < -0.39 is 23.5 Å². The van der Waals surface area contributed by atoms with Crippen LogP contribution < -0.4 is 5.32 Å². The van der Waals surface area contributed by atoms with Gasteiger partial charge in [0.25, 0.3) is 5.91 Å². The highest BCUT2D eigenvalue weighted by molar-refractivity contribution is 6.05. The molecule has 1 aromatic rings. The number of hydrogen-bond donors (Lipinski definition) is 3. The van der Waals surface area contributed by atoms with Gasteiger partial charge in [0, 0.05) is 23.7 Å². The van der Waals surface area contributed by atoms with Crippen molar-refractivity contribution in [2.75, 3.05) is 13.7 Å². The number of nitrogens with zero attached hydrogens (tertiary/aromatic N) is 2. The fraction of sp³-hybridized carbons (Fsp3) is 0.655. The molecule has 0 bridgehead atoms. The van der Waals surface area contributed by atoms with E-state index in [1.54, 1.807) is 6.20 Å². The summed E-state index contributed by atoms with van der Waals surface area (Å²) in [4.78, 5) is 36.8. The molecule has 38 heavy (non-hydrogen) atoms. The molecule has 1 aromatic heterocycles. The number of amides is 1. The number of imidazole rings is 1. The second-order valence-corrected chi connectivity index (χ2v) is 12.2. The molecular formula is C29H40N4O5. The van der Waals surface area contributed by atoms with Crippen LogP contribution in [-0.4, -0.2) is 58.0 Å². The van der Waals surface area contributed by atoms with Crippen LogP contribution in [0.4, 0.5) is 0 Å². The number of methoxy groups -OCH3 is 1. The van der Waals surface area contributed by atoms with Gasteiger partial charge < -0.3 is 25.0 Å². The number of nitrogens with one attached hydrogen (secondary N) is 2. The molecule has 4 aliphatic carbocycles. The van der Waals surface area contributed by atoms with Gasteiger partial charge in [-0.15, -0.1) is 0 Å². The van der Waals surface area contributed by atoms with Gasteiger partial charge in [-0.25, -0.2) is 9.78 Å². The maximum atomic E-state index is 12.5. The average Bonchev–Trinajstić information content (AvgIpc) is 3.48. The number of aliphatic hydroxyl groups is 1. The molecule has 206 valence electrons. The van der Waals surface area contributed by atoms with Gasteiger partial charge in [0.15, 0.2) is 6.61 Å². The lowest BCUT2D eigenvalue weighted by molar-refractivity contribution is -0.145. The highest BCUT2D eigenvalue weighted by Crippen LogP contribution is 2.66. The number of carbonyl (C=O) groups excluding carboxylic acids is 2. The summed E-state index contributed by atoms with van der Waals surface area (Å²) in [7, 11) is 1.28. The number of allylic oxidation sites excluding steroid dienone is 4. The third-order valence-corrected chi connectivity index (χ3v) is 10.3. The highest BCUT2D eigenvalue weighted by atomic mass is 16.6. The van der Waals surface area contributed by atoms with Crippen LogP contribution in [0.25, 0.3) is 0 Å². The minimum atomic E-state index is -0.849. The standard InChI is InChI=1S/C29H40N4O5/c1-27-10-7-19(33-38-16-25(34)32-24(26(35)37-4)14-20-15-30-17-31-20)13-18(27)5-6-21-22(27)8-11-28(2)23(21)9-12-29(28,3)36/h7,10,13,15,17,21-24,36H,5-6,8-9,11-12,14,16H2,1-4H3,(H,30,31)(H,32,34)/b33-19-/t21-,22+,23+,24?,27+,28+,29+/m1/s1. The van der Waals surface area contributed by atoms with E-state index in [1.165, 1.54) is 19.0 Å². The van der Waals surface area contributed by atoms with Crippen LogP contribution in [0.3, 0.4) is 0 Å². The highest BCUT2D eigenvalue weighted by Gasteiger charge is 2.61. The van der Waals surface area contributed by atoms with Gasteiger partial charge in [-0.05, 0) is 80.8 Å². The molecule has 7 atom stereocenters. The Morgan fingerprint density at radius 1 is 1.24 bits per heavy atom. The molecule has 3 N–H and O–H groups in total. The van der Waals surface area contributed by atoms with Crippen molar-refractivity contribution in [2.45, 2.75) is 77.4 Å². The number of H-pyrrole nitrogens is 1. The summed E-state index contributed by atoms with van der Waals surface area (Å²) in [5.74, 6) is 0.752. The first kappa shape index (κ1) is 26.7. The van der Waals surface area contributed by atoms with Crippen molar-refractivity contribution in [1.29, 1.82) is 0 Å². The lowest BCUT2D eigenvalue weighted by atomic mass is 9.47. The Labute approximate surface area is 224 Å². The Kier molecular flexibility index (Phi) is 7.00. The van der Waals surface area contributed by atoms with E-state index in [2.05, 4.69) is 46.4 Å². The normalized spacial score (nSPS) is 37.4. The quantitative estimate of drug-likeness (QED) is 0.370. The topological polar surface area (TPSA) is 126 Å². The Balaban J connectivity index is 1.20. The van der Waals surface area contributed by atoms with Crippen molar-refractivity contribution in [2.24, 2.45) is 33.7 Å². The van der Waals surface area contributed by atoms with Gasteiger partial charge in [-0.1, -0.05) is 30.7 Å². The summed E-state index contributed by atoms with van der Waals surface area (Å²) < 4.78 is 4.81. The number of ether oxygens (including phenoxy) is 1. The molecule has 1 unspecified atom stereocenters. The van der Waals surface area contributed by atoms with Crippen LogP contribution in [-0.2, 0) is 25.6 Å². The third kappa shape index (κ3) is 4.59. The van der Waals surface area contributed by atoms with E-state index in [1.807, 2.05) is 13.0 Å². The molecule has 0 spiro atoms. The van der Waals surface area contributed by atoms with E-state index in [9.17, 15) is 14.7 Å². The molecule has 0 saturated heterocycles. The number of fused-ring (bicyclic) bond motifs is 5. The number of aromatic nitrogens is 2. The smallest absolute Gasteiger partial charge is 0.328 e. The minimum absolute atomic E-state index is 0.0103. The van der Waals surface area contributed by atoms with E-state index in [4.69, 9.17) is 9.57 Å². The molecule has 9 nitrogen and oxygen atoms in total. The summed E-state index contributed by atoms with van der Waals surface area (Å²) in [5.41, 5.74) is 2.19. The van der Waals surface area contributed by atoms with Crippen LogP contribution in [0.2, 0.25) is 0 Å². The molecule has 9 heteroatoms. The zero-order valence-corrected chi connectivity index (χ0v) is 22.8. The summed E-state index contributed by atoms with van der Waals surface area (Å²) in [6, 6.07) is -0.849. The summed E-state index contributed by atoms with van der Waals surface area (Å²) in [5, 5.41) is 18.0. The fourth-order valence-corrected chi connectivity index (χ4v) is 7.86. The Morgan fingerprint density at radius 3 is 2.76 bits per heavy atom. The summed E-state index contributed by atoms with van der Waals surface area (Å²) in [6.07, 6.45) is 16.1. The van der Waals surface area contributed by atoms with Gasteiger partial charge in [-0.2, -0.15) is 0 Å². The monoisotopic (exact) mass is 524 g/mol. The first-order valence-electron chi connectivity index (χ1n) is 13.7. The van der Waals surface area contributed by atoms with Crippen LogP contribution in [0.5, 0.6) is 0 Å². The van der Waals surface area contributed by atoms with Crippen molar-refractivity contribution in [3.63, 3.8) is 0 Å². The minimum Gasteiger partial charge on any atom is -0.467 e. The van der Waals surface area contributed by atoms with Gasteiger partial charge in [-0.3, -0.25) is 4.79 Å². The number of carbonyl (C=O) groups is 2. The number of esters is 1. The molecule has 0 radical (unpaired) electrons. The molecule has 1 heterocycles. The average molecular weight is 525 g/mol. The van der Waals surface area contributed by atoms with Crippen LogP contribution in [0.15, 0.2) is 41.5 Å². The largest absolute Gasteiger partial charge is 0.467 e. The predicted octanol–water partition coefficient (Wildman–Crippen LogP) is 3.47. The number of hydrogen-bond acceptors (Lipinski definition) is 7. The second kappa shape index (κ2) is 9.98. The molecule has 1 amide bonds. The van der Waals surface area contributed by atoms with Crippen molar-refractivity contribution in [1.82, 2.24) is 15.3 Å². The van der Waals surface area contributed by atoms with Crippen LogP contribution >= 0.6 is 0 Å². The Hall–Kier alpha value is -2.94. The SMILES string of the molecule is COC(=O)C(Cc1cnc[nH]1)NC(=O)CO/N=C1/C=C[C@@]2(C)C(=C1)CC[C@@H]1[C@@H]2CC[C@@]2(C)[C@H]1CC[C@]2(C)O. The lowest BCUT2D eigenvalue weighted by Crippen LogP contribution is -2.53. The molecule has 5 rings (SSSR count). The van der Waals surface area contributed by atoms with E-state index >= 15 is 0 Å².